The molecule has 0 aliphatic carbocycles. The van der Waals surface area contributed by atoms with Crippen molar-refractivity contribution in [3.8, 4) is 0 Å². The molecular weight excluding hydrogens is 306 g/mol. The number of rotatable bonds is 5. The summed E-state index contributed by atoms with van der Waals surface area (Å²) in [7, 11) is 1.73. The van der Waals surface area contributed by atoms with E-state index in [4.69, 9.17) is 16.7 Å². The fourth-order valence-corrected chi connectivity index (χ4v) is 2.40. The van der Waals surface area contributed by atoms with Crippen LogP contribution in [-0.2, 0) is 11.8 Å². The van der Waals surface area contributed by atoms with Crippen LogP contribution in [0.5, 0.6) is 0 Å². The Morgan fingerprint density at radius 1 is 1.41 bits per heavy atom. The Hall–Kier alpha value is -2.34. The summed E-state index contributed by atoms with van der Waals surface area (Å²) in [6.07, 6.45) is 1.20. The van der Waals surface area contributed by atoms with Gasteiger partial charge in [0, 0.05) is 17.8 Å². The zero-order chi connectivity index (χ0) is 16.3. The highest BCUT2D eigenvalue weighted by Gasteiger charge is 2.22. The molecule has 0 aliphatic heterocycles. The van der Waals surface area contributed by atoms with Gasteiger partial charge in [-0.05, 0) is 18.6 Å². The zero-order valence-corrected chi connectivity index (χ0v) is 13.0. The molecule has 6 nitrogen and oxygen atoms in total. The lowest BCUT2D eigenvalue weighted by atomic mass is 10.0. The number of carbonyl (C=O) groups excluding carboxylic acids is 1. The third-order valence-electron chi connectivity index (χ3n) is 3.44. The summed E-state index contributed by atoms with van der Waals surface area (Å²) in [6.45, 7) is 1.77. The number of nitrogens with one attached hydrogen (secondary N) is 1. The second-order valence-electron chi connectivity index (χ2n) is 4.91. The van der Waals surface area contributed by atoms with Gasteiger partial charge >= 0.3 is 5.97 Å². The number of benzene rings is 1. The van der Waals surface area contributed by atoms with Crippen LogP contribution in [-0.4, -0.2) is 26.8 Å². The van der Waals surface area contributed by atoms with E-state index in [0.29, 0.717) is 21.8 Å². The molecular formula is C15H16ClN3O3. The lowest BCUT2D eigenvalue weighted by Crippen LogP contribution is -2.30. The maximum Gasteiger partial charge on any atom is 0.305 e. The topological polar surface area (TPSA) is 84.2 Å². The van der Waals surface area contributed by atoms with Gasteiger partial charge in [0.15, 0.2) is 0 Å². The van der Waals surface area contributed by atoms with Crippen LogP contribution in [0.3, 0.4) is 0 Å². The van der Waals surface area contributed by atoms with E-state index < -0.39 is 12.0 Å². The molecule has 1 aromatic carbocycles. The van der Waals surface area contributed by atoms with E-state index in [2.05, 4.69) is 10.4 Å². The lowest BCUT2D eigenvalue weighted by Gasteiger charge is -2.18. The molecule has 0 bridgehead atoms. The van der Waals surface area contributed by atoms with E-state index in [9.17, 15) is 9.59 Å². The molecule has 0 fully saturated rings. The van der Waals surface area contributed by atoms with Crippen LogP contribution in [0.25, 0.3) is 0 Å². The molecule has 2 rings (SSSR count). The SMILES string of the molecule is Cc1c(C(=O)N[C@H](CC(=O)O)c2ccccc2Cl)cnn1C. The summed E-state index contributed by atoms with van der Waals surface area (Å²) in [5, 5.41) is 16.2. The van der Waals surface area contributed by atoms with E-state index in [1.54, 1.807) is 42.9 Å². The number of nitrogens with zero attached hydrogens (tertiary/aromatic N) is 2. The minimum absolute atomic E-state index is 0.255. The predicted molar refractivity (Wildman–Crippen MR) is 81.9 cm³/mol. The molecule has 0 saturated carbocycles. The van der Waals surface area contributed by atoms with Crippen molar-refractivity contribution in [1.29, 1.82) is 0 Å². The summed E-state index contributed by atoms with van der Waals surface area (Å²) in [5.41, 5.74) is 1.68. The Labute approximate surface area is 132 Å². The molecule has 1 atom stereocenters. The molecule has 22 heavy (non-hydrogen) atoms. The lowest BCUT2D eigenvalue weighted by molar-refractivity contribution is -0.137. The third-order valence-corrected chi connectivity index (χ3v) is 3.79. The second-order valence-corrected chi connectivity index (χ2v) is 5.32. The maximum absolute atomic E-state index is 12.4. The molecule has 0 aliphatic rings. The number of carboxylic acid groups (broad SMARTS) is 1. The highest BCUT2D eigenvalue weighted by molar-refractivity contribution is 6.31. The van der Waals surface area contributed by atoms with E-state index in [1.165, 1.54) is 6.20 Å². The minimum atomic E-state index is -1.02. The number of carboxylic acids is 1. The Kier molecular flexibility index (Phi) is 4.82. The zero-order valence-electron chi connectivity index (χ0n) is 12.2. The number of aliphatic carboxylic acids is 1. The molecule has 2 N–H and O–H groups in total. The summed E-state index contributed by atoms with van der Waals surface area (Å²) in [6, 6.07) is 6.15. The minimum Gasteiger partial charge on any atom is -0.481 e. The third kappa shape index (κ3) is 3.46. The Morgan fingerprint density at radius 2 is 2.09 bits per heavy atom. The normalized spacial score (nSPS) is 12.0. The number of hydrogen-bond donors (Lipinski definition) is 2. The summed E-state index contributed by atoms with van der Waals surface area (Å²) >= 11 is 6.11. The maximum atomic E-state index is 12.4. The molecule has 0 saturated heterocycles. The van der Waals surface area contributed by atoms with Gasteiger partial charge < -0.3 is 10.4 Å². The van der Waals surface area contributed by atoms with Crippen molar-refractivity contribution in [2.45, 2.75) is 19.4 Å². The highest BCUT2D eigenvalue weighted by atomic mass is 35.5. The van der Waals surface area contributed by atoms with Crippen molar-refractivity contribution in [3.63, 3.8) is 0 Å². The molecule has 1 aromatic heterocycles. The van der Waals surface area contributed by atoms with E-state index >= 15 is 0 Å². The van der Waals surface area contributed by atoms with Crippen molar-refractivity contribution >= 4 is 23.5 Å². The van der Waals surface area contributed by atoms with Gasteiger partial charge in [0.25, 0.3) is 5.91 Å². The fourth-order valence-electron chi connectivity index (χ4n) is 2.13. The molecule has 7 heteroatoms. The molecule has 116 valence electrons. The van der Waals surface area contributed by atoms with Gasteiger partial charge in [-0.1, -0.05) is 29.8 Å². The van der Waals surface area contributed by atoms with Crippen molar-refractivity contribution < 1.29 is 14.7 Å². The van der Waals surface area contributed by atoms with Crippen molar-refractivity contribution in [3.05, 3.63) is 52.3 Å². The Morgan fingerprint density at radius 3 is 2.64 bits per heavy atom. The molecule has 2 aromatic rings. The first-order chi connectivity index (χ1) is 10.4. The van der Waals surface area contributed by atoms with Crippen LogP contribution in [0.1, 0.15) is 34.1 Å². The number of hydrogen-bond acceptors (Lipinski definition) is 3. The van der Waals surface area contributed by atoms with Gasteiger partial charge in [-0.15, -0.1) is 0 Å². The summed E-state index contributed by atoms with van der Waals surface area (Å²) in [5.74, 6) is -1.40. The Bertz CT molecular complexity index is 712. The predicted octanol–water partition coefficient (Wildman–Crippen LogP) is 2.33. The summed E-state index contributed by atoms with van der Waals surface area (Å²) in [4.78, 5) is 23.4. The molecule has 1 amide bonds. The molecule has 0 spiro atoms. The average molecular weight is 322 g/mol. The number of halogens is 1. The standard InChI is InChI=1S/C15H16ClN3O3/c1-9-11(8-17-19(9)2)15(22)18-13(7-14(20)21)10-5-3-4-6-12(10)16/h3-6,8,13H,7H2,1-2H3,(H,18,22)(H,20,21)/t13-/m1/s1. The van der Waals surface area contributed by atoms with E-state index in [1.807, 2.05) is 0 Å². The quantitative estimate of drug-likeness (QED) is 0.885. The van der Waals surface area contributed by atoms with Gasteiger partial charge in [0.1, 0.15) is 0 Å². The number of carbonyl (C=O) groups is 2. The summed E-state index contributed by atoms with van der Waals surface area (Å²) < 4.78 is 1.58. The van der Waals surface area contributed by atoms with Gasteiger partial charge in [-0.2, -0.15) is 5.10 Å². The number of amides is 1. The van der Waals surface area contributed by atoms with Crippen LogP contribution in [0.4, 0.5) is 0 Å². The fraction of sp³-hybridized carbons (Fsp3) is 0.267. The van der Waals surface area contributed by atoms with Crippen molar-refractivity contribution in [2.24, 2.45) is 7.05 Å². The number of aromatic nitrogens is 2. The second kappa shape index (κ2) is 6.62. The van der Waals surface area contributed by atoms with Crippen LogP contribution in [0, 0.1) is 6.92 Å². The monoisotopic (exact) mass is 321 g/mol. The number of aryl methyl sites for hydroxylation is 1. The first-order valence-electron chi connectivity index (χ1n) is 6.66. The smallest absolute Gasteiger partial charge is 0.305 e. The van der Waals surface area contributed by atoms with Crippen LogP contribution in [0.2, 0.25) is 5.02 Å². The van der Waals surface area contributed by atoms with E-state index in [-0.39, 0.29) is 12.3 Å². The highest BCUT2D eigenvalue weighted by Crippen LogP contribution is 2.25. The van der Waals surface area contributed by atoms with Crippen LogP contribution < -0.4 is 5.32 Å². The first-order valence-corrected chi connectivity index (χ1v) is 7.03. The molecule has 0 radical (unpaired) electrons. The van der Waals surface area contributed by atoms with Gasteiger partial charge in [0.05, 0.1) is 24.2 Å². The van der Waals surface area contributed by atoms with Gasteiger partial charge in [-0.3, -0.25) is 14.3 Å². The van der Waals surface area contributed by atoms with Crippen molar-refractivity contribution in [2.75, 3.05) is 0 Å². The van der Waals surface area contributed by atoms with Crippen molar-refractivity contribution in [1.82, 2.24) is 15.1 Å². The van der Waals surface area contributed by atoms with Crippen LogP contribution in [0.15, 0.2) is 30.5 Å². The van der Waals surface area contributed by atoms with Crippen LogP contribution >= 0.6 is 11.6 Å². The first kappa shape index (κ1) is 16.0. The Balaban J connectivity index is 2.27. The van der Waals surface area contributed by atoms with Gasteiger partial charge in [-0.25, -0.2) is 0 Å². The average Bonchev–Trinajstić information content (AvgIpc) is 2.78. The largest absolute Gasteiger partial charge is 0.481 e. The van der Waals surface area contributed by atoms with Gasteiger partial charge in [0.2, 0.25) is 0 Å². The molecule has 0 unspecified atom stereocenters. The molecule has 1 heterocycles. The van der Waals surface area contributed by atoms with E-state index in [0.717, 1.165) is 0 Å².